The number of rotatable bonds is 7. The largest absolute Gasteiger partial charge is 0.473 e. The summed E-state index contributed by atoms with van der Waals surface area (Å²) in [6.07, 6.45) is 5.82. The monoisotopic (exact) mass is 474 g/mol. The molecular weight excluding hydrogens is 444 g/mol. The molecule has 182 valence electrons. The lowest BCUT2D eigenvalue weighted by Crippen LogP contribution is -2.38. The van der Waals surface area contributed by atoms with E-state index >= 15 is 0 Å². The van der Waals surface area contributed by atoms with E-state index < -0.39 is 0 Å². The fourth-order valence-corrected chi connectivity index (χ4v) is 5.35. The number of carbonyl (C=O) groups excluding carboxylic acids is 1. The maximum absolute atomic E-state index is 12.7. The van der Waals surface area contributed by atoms with Crippen LogP contribution in [-0.2, 0) is 30.6 Å². The Labute approximate surface area is 204 Å². The van der Waals surface area contributed by atoms with E-state index in [4.69, 9.17) is 4.74 Å². The quantitative estimate of drug-likeness (QED) is 0.531. The minimum Gasteiger partial charge on any atom is -0.473 e. The van der Waals surface area contributed by atoms with Gasteiger partial charge in [-0.2, -0.15) is 15.4 Å². The van der Waals surface area contributed by atoms with Gasteiger partial charge in [0.1, 0.15) is 23.9 Å². The molecule has 0 bridgehead atoms. The molecule has 10 heteroatoms. The predicted molar refractivity (Wildman–Crippen MR) is 129 cm³/mol. The number of hydrogen-bond acceptors (Lipinski definition) is 8. The summed E-state index contributed by atoms with van der Waals surface area (Å²) in [7, 11) is 0. The average molecular weight is 475 g/mol. The van der Waals surface area contributed by atoms with Crippen molar-refractivity contribution in [1.82, 2.24) is 35.2 Å². The number of amides is 1. The zero-order valence-electron chi connectivity index (χ0n) is 19.7. The maximum atomic E-state index is 12.7. The second-order valence-corrected chi connectivity index (χ2v) is 9.62. The highest BCUT2D eigenvalue weighted by Crippen LogP contribution is 2.25. The van der Waals surface area contributed by atoms with Crippen molar-refractivity contribution in [2.24, 2.45) is 0 Å². The van der Waals surface area contributed by atoms with E-state index in [1.54, 1.807) is 6.33 Å². The molecule has 0 radical (unpaired) electrons. The molecule has 0 saturated carbocycles. The van der Waals surface area contributed by atoms with E-state index in [1.165, 1.54) is 11.1 Å². The van der Waals surface area contributed by atoms with Crippen molar-refractivity contribution in [3.05, 3.63) is 59.2 Å². The van der Waals surface area contributed by atoms with Crippen LogP contribution < -0.4 is 10.1 Å². The molecule has 2 aromatic heterocycles. The second kappa shape index (κ2) is 9.61. The number of likely N-dealkylation sites (tertiary alicyclic amines) is 1. The number of hydrogen-bond donors (Lipinski definition) is 2. The molecule has 1 aromatic carbocycles. The third-order valence-electron chi connectivity index (χ3n) is 7.22. The Kier molecular flexibility index (Phi) is 6.03. The van der Waals surface area contributed by atoms with Gasteiger partial charge in [0.15, 0.2) is 0 Å². The van der Waals surface area contributed by atoms with Crippen LogP contribution in [0.15, 0.2) is 36.7 Å². The molecule has 4 heterocycles. The lowest BCUT2D eigenvalue weighted by atomic mass is 10.1. The first-order valence-electron chi connectivity index (χ1n) is 12.4. The summed E-state index contributed by atoms with van der Waals surface area (Å²) >= 11 is 0. The highest BCUT2D eigenvalue weighted by Gasteiger charge is 2.27. The Morgan fingerprint density at radius 3 is 2.80 bits per heavy atom. The molecule has 3 aromatic rings. The topological polar surface area (TPSA) is 112 Å². The minimum absolute atomic E-state index is 0.0660. The molecule has 0 spiro atoms. The van der Waals surface area contributed by atoms with Crippen molar-refractivity contribution >= 4 is 11.7 Å². The van der Waals surface area contributed by atoms with Crippen LogP contribution in [-0.4, -0.2) is 79.4 Å². The number of benzene rings is 1. The molecule has 1 atom stereocenters. The first kappa shape index (κ1) is 22.0. The number of carbonyl (C=O) groups is 1. The highest BCUT2D eigenvalue weighted by molar-refractivity contribution is 5.76. The Morgan fingerprint density at radius 2 is 1.94 bits per heavy atom. The van der Waals surface area contributed by atoms with Gasteiger partial charge in [-0.25, -0.2) is 9.97 Å². The molecule has 2 N–H and O–H groups in total. The summed E-state index contributed by atoms with van der Waals surface area (Å²) in [6, 6.07) is 10.8. The van der Waals surface area contributed by atoms with Gasteiger partial charge in [-0.1, -0.05) is 24.3 Å². The minimum atomic E-state index is 0.0660. The summed E-state index contributed by atoms with van der Waals surface area (Å²) in [5.74, 6) is 1.56. The van der Waals surface area contributed by atoms with Crippen LogP contribution in [0.3, 0.4) is 0 Å². The number of ether oxygens (including phenoxy) is 1. The molecule has 1 fully saturated rings. The second-order valence-electron chi connectivity index (χ2n) is 9.62. The van der Waals surface area contributed by atoms with Gasteiger partial charge in [0, 0.05) is 51.1 Å². The van der Waals surface area contributed by atoms with Crippen molar-refractivity contribution in [1.29, 1.82) is 0 Å². The van der Waals surface area contributed by atoms with Gasteiger partial charge in [0.2, 0.25) is 11.8 Å². The van der Waals surface area contributed by atoms with Gasteiger partial charge in [0.25, 0.3) is 0 Å². The molecule has 2 aliphatic heterocycles. The highest BCUT2D eigenvalue weighted by atomic mass is 16.5. The first-order valence-corrected chi connectivity index (χ1v) is 12.4. The van der Waals surface area contributed by atoms with Gasteiger partial charge in [-0.05, 0) is 30.4 Å². The SMILES string of the molecule is O=C(CCN1CCC(Oc2cc(NC3Cc4ccccc4C3)ncn2)C1)N1CCc2n[nH]nc2C1. The summed E-state index contributed by atoms with van der Waals surface area (Å²) < 4.78 is 6.18. The van der Waals surface area contributed by atoms with Crippen LogP contribution in [0.25, 0.3) is 0 Å². The molecule has 35 heavy (non-hydrogen) atoms. The van der Waals surface area contributed by atoms with Gasteiger partial charge < -0.3 is 15.0 Å². The summed E-state index contributed by atoms with van der Waals surface area (Å²) in [6.45, 7) is 3.71. The molecular formula is C25H30N8O2. The van der Waals surface area contributed by atoms with Gasteiger partial charge in [-0.3, -0.25) is 9.69 Å². The number of aromatic nitrogens is 5. The molecule has 1 aliphatic carbocycles. The smallest absolute Gasteiger partial charge is 0.224 e. The van der Waals surface area contributed by atoms with E-state index in [2.05, 4.69) is 59.9 Å². The number of fused-ring (bicyclic) bond motifs is 2. The van der Waals surface area contributed by atoms with E-state index in [0.29, 0.717) is 31.4 Å². The van der Waals surface area contributed by atoms with Crippen LogP contribution in [0.4, 0.5) is 5.82 Å². The van der Waals surface area contributed by atoms with Gasteiger partial charge in [0.05, 0.1) is 12.2 Å². The van der Waals surface area contributed by atoms with E-state index in [0.717, 1.165) is 62.5 Å². The number of nitrogens with zero attached hydrogens (tertiary/aromatic N) is 6. The van der Waals surface area contributed by atoms with Gasteiger partial charge in [-0.15, -0.1) is 0 Å². The fourth-order valence-electron chi connectivity index (χ4n) is 5.35. The fraction of sp³-hybridized carbons (Fsp3) is 0.480. The van der Waals surface area contributed by atoms with Crippen LogP contribution in [0.2, 0.25) is 0 Å². The van der Waals surface area contributed by atoms with E-state index in [1.807, 2.05) is 11.0 Å². The standard InChI is InChI=1S/C25H30N8O2/c34-25(33-10-6-21-22(15-33)30-31-29-21)7-9-32-8-5-20(14-32)35-24-13-23(26-16-27-24)28-19-11-17-3-1-2-4-18(17)12-19/h1-4,13,16,19-20H,5-12,14-15H2,(H,26,27,28)(H,29,30,31). The molecule has 1 unspecified atom stereocenters. The first-order chi connectivity index (χ1) is 17.2. The number of anilines is 1. The normalized spacial score (nSPS) is 20.0. The Bertz CT molecular complexity index is 1170. The maximum Gasteiger partial charge on any atom is 0.224 e. The summed E-state index contributed by atoms with van der Waals surface area (Å²) in [5, 5.41) is 14.5. The zero-order chi connectivity index (χ0) is 23.6. The molecule has 3 aliphatic rings. The number of aromatic amines is 1. The molecule has 10 nitrogen and oxygen atoms in total. The van der Waals surface area contributed by atoms with Crippen molar-refractivity contribution in [3.8, 4) is 5.88 Å². The van der Waals surface area contributed by atoms with E-state index in [-0.39, 0.29) is 12.0 Å². The van der Waals surface area contributed by atoms with Crippen molar-refractivity contribution in [3.63, 3.8) is 0 Å². The van der Waals surface area contributed by atoms with Crippen LogP contribution in [0.5, 0.6) is 5.88 Å². The lowest BCUT2D eigenvalue weighted by Gasteiger charge is -2.26. The Morgan fingerprint density at radius 1 is 1.11 bits per heavy atom. The summed E-state index contributed by atoms with van der Waals surface area (Å²) in [4.78, 5) is 25.6. The molecule has 1 amide bonds. The third-order valence-corrected chi connectivity index (χ3v) is 7.22. The number of nitrogens with one attached hydrogen (secondary N) is 2. The lowest BCUT2D eigenvalue weighted by molar-refractivity contribution is -0.132. The van der Waals surface area contributed by atoms with Crippen molar-refractivity contribution in [2.75, 3.05) is 31.5 Å². The third kappa shape index (κ3) is 4.97. The summed E-state index contributed by atoms with van der Waals surface area (Å²) in [5.41, 5.74) is 4.67. The zero-order valence-corrected chi connectivity index (χ0v) is 19.7. The Balaban J connectivity index is 0.963. The number of H-pyrrole nitrogens is 1. The molecule has 6 rings (SSSR count). The van der Waals surface area contributed by atoms with Gasteiger partial charge >= 0.3 is 0 Å². The van der Waals surface area contributed by atoms with Crippen molar-refractivity contribution < 1.29 is 9.53 Å². The molecule has 1 saturated heterocycles. The van der Waals surface area contributed by atoms with E-state index in [9.17, 15) is 4.79 Å². The van der Waals surface area contributed by atoms with Crippen LogP contribution in [0.1, 0.15) is 35.4 Å². The average Bonchev–Trinajstić information content (AvgIpc) is 3.61. The predicted octanol–water partition coefficient (Wildman–Crippen LogP) is 1.60. The van der Waals surface area contributed by atoms with Crippen molar-refractivity contribution in [2.45, 2.75) is 50.8 Å². The van der Waals surface area contributed by atoms with Crippen LogP contribution in [0, 0.1) is 0 Å². The Hall–Kier alpha value is -3.53. The van der Waals surface area contributed by atoms with Crippen LogP contribution >= 0.6 is 0 Å².